The quantitative estimate of drug-likeness (QED) is 0.685. The van der Waals surface area contributed by atoms with Crippen molar-refractivity contribution in [1.29, 1.82) is 0 Å². The molecule has 0 aromatic rings. The van der Waals surface area contributed by atoms with Gasteiger partial charge in [-0.1, -0.05) is 6.92 Å². The Morgan fingerprint density at radius 3 is 2.80 bits per heavy atom. The van der Waals surface area contributed by atoms with Crippen molar-refractivity contribution in [2.24, 2.45) is 11.7 Å². The first kappa shape index (κ1) is 12.5. The van der Waals surface area contributed by atoms with Crippen LogP contribution in [0.1, 0.15) is 26.2 Å². The maximum atomic E-state index is 11.7. The molecule has 0 saturated heterocycles. The Hall–Kier alpha value is -0.610. The lowest BCUT2D eigenvalue weighted by Crippen LogP contribution is -2.36. The fraction of sp³-hybridized carbons (Fsp3) is 0.909. The van der Waals surface area contributed by atoms with Gasteiger partial charge in [0.15, 0.2) is 0 Å². The van der Waals surface area contributed by atoms with E-state index in [4.69, 9.17) is 5.73 Å². The summed E-state index contributed by atoms with van der Waals surface area (Å²) in [5.41, 5.74) is 5.77. The van der Waals surface area contributed by atoms with Crippen LogP contribution in [-0.2, 0) is 4.79 Å². The number of hydrogen-bond acceptors (Lipinski definition) is 3. The summed E-state index contributed by atoms with van der Waals surface area (Å²) < 4.78 is 0. The van der Waals surface area contributed by atoms with E-state index in [9.17, 15) is 4.79 Å². The van der Waals surface area contributed by atoms with Gasteiger partial charge in [-0.3, -0.25) is 4.79 Å². The van der Waals surface area contributed by atoms with Crippen molar-refractivity contribution in [1.82, 2.24) is 10.2 Å². The SMILES string of the molecule is CCN(C)CCNC(=O)C1CCC(N)C1. The van der Waals surface area contributed by atoms with Gasteiger partial charge >= 0.3 is 0 Å². The van der Waals surface area contributed by atoms with E-state index in [1.54, 1.807) is 0 Å². The Labute approximate surface area is 92.2 Å². The molecule has 1 saturated carbocycles. The maximum Gasteiger partial charge on any atom is 0.223 e. The molecule has 1 aliphatic carbocycles. The first-order valence-corrected chi connectivity index (χ1v) is 5.85. The molecule has 0 aliphatic heterocycles. The Morgan fingerprint density at radius 2 is 2.27 bits per heavy atom. The largest absolute Gasteiger partial charge is 0.355 e. The molecule has 0 heterocycles. The smallest absolute Gasteiger partial charge is 0.223 e. The lowest BCUT2D eigenvalue weighted by Gasteiger charge is -2.15. The van der Waals surface area contributed by atoms with Crippen molar-refractivity contribution >= 4 is 5.91 Å². The fourth-order valence-corrected chi connectivity index (χ4v) is 1.93. The van der Waals surface area contributed by atoms with E-state index in [0.717, 1.165) is 38.9 Å². The minimum Gasteiger partial charge on any atom is -0.355 e. The van der Waals surface area contributed by atoms with Gasteiger partial charge in [-0.05, 0) is 32.9 Å². The van der Waals surface area contributed by atoms with E-state index in [2.05, 4.69) is 24.2 Å². The van der Waals surface area contributed by atoms with Gasteiger partial charge in [0, 0.05) is 25.0 Å². The molecule has 0 spiro atoms. The van der Waals surface area contributed by atoms with E-state index in [1.165, 1.54) is 0 Å². The number of rotatable bonds is 5. The number of hydrogen-bond donors (Lipinski definition) is 2. The number of nitrogens with two attached hydrogens (primary N) is 1. The molecule has 2 atom stereocenters. The normalized spacial score (nSPS) is 25.9. The minimum atomic E-state index is 0.159. The predicted molar refractivity (Wildman–Crippen MR) is 61.5 cm³/mol. The molecular weight excluding hydrogens is 190 g/mol. The van der Waals surface area contributed by atoms with Gasteiger partial charge in [0.05, 0.1) is 0 Å². The fourth-order valence-electron chi connectivity index (χ4n) is 1.93. The second-order valence-corrected chi connectivity index (χ2v) is 4.46. The monoisotopic (exact) mass is 213 g/mol. The highest BCUT2D eigenvalue weighted by atomic mass is 16.1. The van der Waals surface area contributed by atoms with Crippen molar-refractivity contribution in [3.05, 3.63) is 0 Å². The van der Waals surface area contributed by atoms with Gasteiger partial charge in [0.25, 0.3) is 0 Å². The molecular formula is C11H23N3O. The van der Waals surface area contributed by atoms with Crippen LogP contribution in [0, 0.1) is 5.92 Å². The van der Waals surface area contributed by atoms with Crippen LogP contribution in [0.3, 0.4) is 0 Å². The number of carbonyl (C=O) groups is 1. The minimum absolute atomic E-state index is 0.159. The van der Waals surface area contributed by atoms with Crippen LogP contribution in [0.2, 0.25) is 0 Å². The third kappa shape index (κ3) is 4.18. The summed E-state index contributed by atoms with van der Waals surface area (Å²) in [4.78, 5) is 13.9. The van der Waals surface area contributed by atoms with Gasteiger partial charge in [-0.25, -0.2) is 0 Å². The van der Waals surface area contributed by atoms with Crippen LogP contribution >= 0.6 is 0 Å². The van der Waals surface area contributed by atoms with E-state index < -0.39 is 0 Å². The lowest BCUT2D eigenvalue weighted by molar-refractivity contribution is -0.124. The topological polar surface area (TPSA) is 58.4 Å². The van der Waals surface area contributed by atoms with Crippen LogP contribution in [0.25, 0.3) is 0 Å². The van der Waals surface area contributed by atoms with Gasteiger partial charge in [0.1, 0.15) is 0 Å². The second kappa shape index (κ2) is 6.08. The molecule has 3 N–H and O–H groups in total. The van der Waals surface area contributed by atoms with Crippen molar-refractivity contribution in [3.63, 3.8) is 0 Å². The van der Waals surface area contributed by atoms with Crippen molar-refractivity contribution < 1.29 is 4.79 Å². The van der Waals surface area contributed by atoms with Crippen molar-refractivity contribution in [3.8, 4) is 0 Å². The predicted octanol–water partition coefficient (Wildman–Crippen LogP) is 0.182. The van der Waals surface area contributed by atoms with Crippen LogP contribution in [0.15, 0.2) is 0 Å². The molecule has 88 valence electrons. The summed E-state index contributed by atoms with van der Waals surface area (Å²) >= 11 is 0. The standard InChI is InChI=1S/C11H23N3O/c1-3-14(2)7-6-13-11(15)9-4-5-10(12)8-9/h9-10H,3-8,12H2,1-2H3,(H,13,15). The van der Waals surface area contributed by atoms with Gasteiger partial charge in [0.2, 0.25) is 5.91 Å². The Kier molecular flexibility index (Phi) is 5.05. The molecule has 1 rings (SSSR count). The van der Waals surface area contributed by atoms with E-state index >= 15 is 0 Å². The van der Waals surface area contributed by atoms with Gasteiger partial charge < -0.3 is 16.0 Å². The molecule has 0 radical (unpaired) electrons. The van der Waals surface area contributed by atoms with Gasteiger partial charge in [-0.2, -0.15) is 0 Å². The highest BCUT2D eigenvalue weighted by molar-refractivity contribution is 5.78. The molecule has 0 bridgehead atoms. The Balaban J connectivity index is 2.13. The number of nitrogens with zero attached hydrogens (tertiary/aromatic N) is 1. The number of nitrogens with one attached hydrogen (secondary N) is 1. The number of likely N-dealkylation sites (N-methyl/N-ethyl adjacent to an activating group) is 1. The van der Waals surface area contributed by atoms with E-state index in [-0.39, 0.29) is 17.9 Å². The third-order valence-electron chi connectivity index (χ3n) is 3.18. The molecule has 4 nitrogen and oxygen atoms in total. The molecule has 15 heavy (non-hydrogen) atoms. The summed E-state index contributed by atoms with van der Waals surface area (Å²) in [5.74, 6) is 0.347. The zero-order valence-electron chi connectivity index (χ0n) is 9.83. The second-order valence-electron chi connectivity index (χ2n) is 4.46. The van der Waals surface area contributed by atoms with Crippen LogP contribution in [0.5, 0.6) is 0 Å². The summed E-state index contributed by atoms with van der Waals surface area (Å²) in [6.45, 7) is 4.79. The zero-order valence-corrected chi connectivity index (χ0v) is 9.83. The summed E-state index contributed by atoms with van der Waals surface area (Å²) in [5, 5.41) is 2.97. The van der Waals surface area contributed by atoms with Crippen molar-refractivity contribution in [2.45, 2.75) is 32.2 Å². The van der Waals surface area contributed by atoms with E-state index in [0.29, 0.717) is 0 Å². The highest BCUT2D eigenvalue weighted by Gasteiger charge is 2.27. The van der Waals surface area contributed by atoms with Crippen LogP contribution in [-0.4, -0.2) is 43.5 Å². The first-order valence-electron chi connectivity index (χ1n) is 5.85. The maximum absolute atomic E-state index is 11.7. The highest BCUT2D eigenvalue weighted by Crippen LogP contribution is 2.23. The summed E-state index contributed by atoms with van der Waals surface area (Å²) in [7, 11) is 2.05. The molecule has 2 unspecified atom stereocenters. The summed E-state index contributed by atoms with van der Waals surface area (Å²) in [6, 6.07) is 0.235. The van der Waals surface area contributed by atoms with E-state index in [1.807, 2.05) is 0 Å². The average Bonchev–Trinajstić information content (AvgIpc) is 2.64. The number of amides is 1. The molecule has 0 aromatic heterocycles. The Bertz CT molecular complexity index is 208. The van der Waals surface area contributed by atoms with Crippen LogP contribution in [0.4, 0.5) is 0 Å². The molecule has 1 fully saturated rings. The average molecular weight is 213 g/mol. The molecule has 1 aliphatic rings. The number of carbonyl (C=O) groups excluding carboxylic acids is 1. The lowest BCUT2D eigenvalue weighted by atomic mass is 10.1. The van der Waals surface area contributed by atoms with Crippen molar-refractivity contribution in [2.75, 3.05) is 26.7 Å². The zero-order chi connectivity index (χ0) is 11.3. The third-order valence-corrected chi connectivity index (χ3v) is 3.18. The molecule has 4 heteroatoms. The van der Waals surface area contributed by atoms with Gasteiger partial charge in [-0.15, -0.1) is 0 Å². The molecule has 0 aromatic carbocycles. The Morgan fingerprint density at radius 1 is 1.53 bits per heavy atom. The van der Waals surface area contributed by atoms with Crippen LogP contribution < -0.4 is 11.1 Å². The summed E-state index contributed by atoms with van der Waals surface area (Å²) in [6.07, 6.45) is 2.80. The molecule has 1 amide bonds. The first-order chi connectivity index (χ1) is 7.13.